The molecule has 2 N–H and O–H groups in total. The SMILES string of the molecule is Cc1cc(C)c(Cc2c(C)cc(C)c(C=NNc3ccc([N+](=O)[O-])cc3)c2C)c(C)c1C=NNc1ccc([N+](=O)[O-])cc1. The fourth-order valence-electron chi connectivity index (χ4n) is 5.26. The van der Waals surface area contributed by atoms with Crippen molar-refractivity contribution in [2.45, 2.75) is 48.0 Å². The van der Waals surface area contributed by atoms with E-state index in [1.165, 1.54) is 46.5 Å². The van der Waals surface area contributed by atoms with E-state index in [0.717, 1.165) is 39.8 Å². The van der Waals surface area contributed by atoms with Crippen LogP contribution >= 0.6 is 0 Å². The molecule has 4 aromatic rings. The molecular weight excluding hydrogens is 544 g/mol. The minimum atomic E-state index is -0.431. The number of hydrogen-bond donors (Lipinski definition) is 2. The van der Waals surface area contributed by atoms with Crippen LogP contribution in [0.2, 0.25) is 0 Å². The molecule has 0 unspecified atom stereocenters. The molecule has 0 radical (unpaired) electrons. The van der Waals surface area contributed by atoms with Crippen molar-refractivity contribution in [3.63, 3.8) is 0 Å². The molecule has 0 aliphatic heterocycles. The van der Waals surface area contributed by atoms with Gasteiger partial charge in [0, 0.05) is 35.4 Å². The first kappa shape index (κ1) is 30.6. The Balaban J connectivity index is 1.58. The Morgan fingerprint density at radius 3 is 1.28 bits per heavy atom. The van der Waals surface area contributed by atoms with Crippen LogP contribution in [-0.2, 0) is 6.42 Å². The van der Waals surface area contributed by atoms with E-state index in [1.807, 2.05) is 0 Å². The van der Waals surface area contributed by atoms with Gasteiger partial charge in [0.25, 0.3) is 11.4 Å². The van der Waals surface area contributed by atoms with Gasteiger partial charge in [-0.05, 0) is 117 Å². The van der Waals surface area contributed by atoms with Crippen LogP contribution in [0.3, 0.4) is 0 Å². The highest BCUT2D eigenvalue weighted by Gasteiger charge is 2.16. The molecule has 0 spiro atoms. The first-order valence-corrected chi connectivity index (χ1v) is 13.7. The summed E-state index contributed by atoms with van der Waals surface area (Å²) in [6, 6.07) is 16.6. The molecule has 43 heavy (non-hydrogen) atoms. The lowest BCUT2D eigenvalue weighted by molar-refractivity contribution is -0.385. The Kier molecular flexibility index (Phi) is 9.29. The summed E-state index contributed by atoms with van der Waals surface area (Å²) in [6.45, 7) is 12.6. The number of hydrogen-bond acceptors (Lipinski definition) is 8. The van der Waals surface area contributed by atoms with Crippen LogP contribution in [0.1, 0.15) is 55.6 Å². The summed E-state index contributed by atoms with van der Waals surface area (Å²) in [4.78, 5) is 21.0. The van der Waals surface area contributed by atoms with E-state index in [-0.39, 0.29) is 11.4 Å². The van der Waals surface area contributed by atoms with Gasteiger partial charge in [-0.25, -0.2) is 0 Å². The molecule has 0 amide bonds. The number of hydrazone groups is 2. The maximum atomic E-state index is 10.9. The second-order valence-electron chi connectivity index (χ2n) is 10.6. The van der Waals surface area contributed by atoms with E-state index in [0.29, 0.717) is 11.4 Å². The Labute approximate surface area is 250 Å². The van der Waals surface area contributed by atoms with Crippen molar-refractivity contribution in [3.8, 4) is 0 Å². The number of aryl methyl sites for hydroxylation is 4. The maximum absolute atomic E-state index is 10.9. The highest BCUT2D eigenvalue weighted by Crippen LogP contribution is 2.29. The van der Waals surface area contributed by atoms with E-state index >= 15 is 0 Å². The van der Waals surface area contributed by atoms with Crippen molar-refractivity contribution in [3.05, 3.63) is 137 Å². The third-order valence-corrected chi connectivity index (χ3v) is 7.67. The van der Waals surface area contributed by atoms with Crippen molar-refractivity contribution < 1.29 is 9.85 Å². The van der Waals surface area contributed by atoms with Gasteiger partial charge in [0.05, 0.1) is 33.7 Å². The molecule has 220 valence electrons. The average molecular weight is 579 g/mol. The summed E-state index contributed by atoms with van der Waals surface area (Å²) in [5.41, 5.74) is 18.7. The molecule has 10 heteroatoms. The molecule has 0 aliphatic rings. The number of non-ortho nitro benzene ring substituents is 2. The lowest BCUT2D eigenvalue weighted by Gasteiger charge is -2.20. The smallest absolute Gasteiger partial charge is 0.269 e. The number of nitro groups is 2. The summed E-state index contributed by atoms with van der Waals surface area (Å²) < 4.78 is 0. The summed E-state index contributed by atoms with van der Waals surface area (Å²) in [7, 11) is 0. The van der Waals surface area contributed by atoms with Crippen molar-refractivity contribution in [1.82, 2.24) is 0 Å². The topological polar surface area (TPSA) is 135 Å². The predicted octanol–water partition coefficient (Wildman–Crippen LogP) is 7.84. The Morgan fingerprint density at radius 1 is 0.605 bits per heavy atom. The maximum Gasteiger partial charge on any atom is 0.269 e. The number of benzene rings is 4. The largest absolute Gasteiger partial charge is 0.278 e. The normalized spacial score (nSPS) is 11.3. The molecule has 0 saturated carbocycles. The number of anilines is 2. The average Bonchev–Trinajstić information content (AvgIpc) is 2.96. The van der Waals surface area contributed by atoms with E-state index in [4.69, 9.17) is 0 Å². The molecule has 0 heterocycles. The van der Waals surface area contributed by atoms with Crippen molar-refractivity contribution in [2.75, 3.05) is 10.9 Å². The van der Waals surface area contributed by atoms with Crippen LogP contribution in [0.25, 0.3) is 0 Å². The second-order valence-corrected chi connectivity index (χ2v) is 10.6. The lowest BCUT2D eigenvalue weighted by atomic mass is 9.85. The van der Waals surface area contributed by atoms with E-state index in [9.17, 15) is 20.2 Å². The second kappa shape index (κ2) is 13.1. The molecule has 4 aromatic carbocycles. The van der Waals surface area contributed by atoms with Crippen LogP contribution in [0.5, 0.6) is 0 Å². The fraction of sp³-hybridized carbons (Fsp3) is 0.212. The third kappa shape index (κ3) is 7.10. The highest BCUT2D eigenvalue weighted by atomic mass is 16.6. The van der Waals surface area contributed by atoms with Crippen LogP contribution in [0, 0.1) is 61.8 Å². The van der Waals surface area contributed by atoms with E-state index in [2.05, 4.69) is 74.7 Å². The summed E-state index contributed by atoms with van der Waals surface area (Å²) in [6.07, 6.45) is 4.33. The highest BCUT2D eigenvalue weighted by molar-refractivity contribution is 5.86. The Bertz CT molecular complexity index is 1610. The molecule has 0 bridgehead atoms. The molecule has 4 rings (SSSR count). The minimum Gasteiger partial charge on any atom is -0.278 e. The lowest BCUT2D eigenvalue weighted by Crippen LogP contribution is -2.07. The van der Waals surface area contributed by atoms with Crippen LogP contribution < -0.4 is 10.9 Å². The summed E-state index contributed by atoms with van der Waals surface area (Å²) in [5.74, 6) is 0. The van der Waals surface area contributed by atoms with Gasteiger partial charge >= 0.3 is 0 Å². The quantitative estimate of drug-likeness (QED) is 0.112. The van der Waals surface area contributed by atoms with Crippen LogP contribution in [0.15, 0.2) is 70.9 Å². The zero-order valence-electron chi connectivity index (χ0n) is 25.1. The zero-order valence-corrected chi connectivity index (χ0v) is 25.1. The van der Waals surface area contributed by atoms with Crippen molar-refractivity contribution in [1.29, 1.82) is 0 Å². The first-order valence-electron chi connectivity index (χ1n) is 13.7. The fourth-order valence-corrected chi connectivity index (χ4v) is 5.26. The number of nitro benzene ring substituents is 2. The number of nitrogens with one attached hydrogen (secondary N) is 2. The van der Waals surface area contributed by atoms with Gasteiger partial charge in [-0.2, -0.15) is 10.2 Å². The predicted molar refractivity (Wildman–Crippen MR) is 173 cm³/mol. The molecule has 10 nitrogen and oxygen atoms in total. The molecule has 0 saturated heterocycles. The third-order valence-electron chi connectivity index (χ3n) is 7.67. The number of rotatable bonds is 10. The minimum absolute atomic E-state index is 0.0290. The van der Waals surface area contributed by atoms with Crippen LogP contribution in [0.4, 0.5) is 22.7 Å². The molecular formula is C33H34N6O4. The van der Waals surface area contributed by atoms with E-state index < -0.39 is 9.85 Å². The Morgan fingerprint density at radius 2 is 0.953 bits per heavy atom. The summed E-state index contributed by atoms with van der Waals surface area (Å²) >= 11 is 0. The van der Waals surface area contributed by atoms with Gasteiger partial charge in [-0.3, -0.25) is 31.1 Å². The van der Waals surface area contributed by atoms with Gasteiger partial charge in [0.15, 0.2) is 0 Å². The van der Waals surface area contributed by atoms with Gasteiger partial charge in [0.2, 0.25) is 0 Å². The monoisotopic (exact) mass is 578 g/mol. The molecule has 0 aromatic heterocycles. The van der Waals surface area contributed by atoms with Crippen LogP contribution in [-0.4, -0.2) is 22.3 Å². The van der Waals surface area contributed by atoms with Gasteiger partial charge in [0.1, 0.15) is 0 Å². The molecule has 0 atom stereocenters. The molecule has 0 aliphatic carbocycles. The van der Waals surface area contributed by atoms with Crippen molar-refractivity contribution in [2.24, 2.45) is 10.2 Å². The zero-order chi connectivity index (χ0) is 31.3. The van der Waals surface area contributed by atoms with E-state index in [1.54, 1.807) is 36.7 Å². The van der Waals surface area contributed by atoms with Gasteiger partial charge < -0.3 is 0 Å². The first-order chi connectivity index (χ1) is 20.5. The van der Waals surface area contributed by atoms with Crippen molar-refractivity contribution >= 4 is 35.2 Å². The summed E-state index contributed by atoms with van der Waals surface area (Å²) in [5, 5.41) is 30.7. The standard InChI is InChI=1S/C33H34N6O4/c1-20-15-22(3)32(18-34-36-26-7-11-28(12-8-26)38(40)41)24(5)30(20)17-31-21(2)16-23(4)33(25(31)6)19-35-37-27-9-13-29(14-10-27)39(42)43/h7-16,18-19,36-37H,17H2,1-6H3. The molecule has 0 fully saturated rings. The van der Waals surface area contributed by atoms with Gasteiger partial charge in [-0.1, -0.05) is 12.1 Å². The number of nitrogens with zero attached hydrogens (tertiary/aromatic N) is 4. The Hall–Kier alpha value is -5.38. The van der Waals surface area contributed by atoms with Gasteiger partial charge in [-0.15, -0.1) is 0 Å².